The zero-order valence-corrected chi connectivity index (χ0v) is 13.2. The highest BCUT2D eigenvalue weighted by atomic mass is 16.5. The summed E-state index contributed by atoms with van der Waals surface area (Å²) in [7, 11) is 1.31. The van der Waals surface area contributed by atoms with Crippen molar-refractivity contribution in [1.29, 1.82) is 0 Å². The summed E-state index contributed by atoms with van der Waals surface area (Å²) in [5.74, 6) is -0.789. The van der Waals surface area contributed by atoms with Gasteiger partial charge in [-0.3, -0.25) is 14.2 Å². The number of ether oxygens (including phenoxy) is 1. The summed E-state index contributed by atoms with van der Waals surface area (Å²) in [6.07, 6.45) is -0.668. The SMILES string of the molecule is COC(=O)c1ccc([C@@H]2NC(=O)c3nc4ccccc4c(=O)n32)cc1. The van der Waals surface area contributed by atoms with Gasteiger partial charge in [-0.25, -0.2) is 9.78 Å². The number of aromatic nitrogens is 2. The number of hydrogen-bond acceptors (Lipinski definition) is 5. The van der Waals surface area contributed by atoms with Crippen LogP contribution >= 0.6 is 0 Å². The van der Waals surface area contributed by atoms with Crippen LogP contribution in [0.5, 0.6) is 0 Å². The van der Waals surface area contributed by atoms with Crippen LogP contribution in [-0.2, 0) is 4.74 Å². The van der Waals surface area contributed by atoms with E-state index in [0.717, 1.165) is 0 Å². The van der Waals surface area contributed by atoms with Crippen molar-refractivity contribution in [2.75, 3.05) is 7.11 Å². The molecule has 25 heavy (non-hydrogen) atoms. The van der Waals surface area contributed by atoms with Crippen LogP contribution < -0.4 is 10.9 Å². The van der Waals surface area contributed by atoms with Crippen molar-refractivity contribution in [3.05, 3.63) is 75.8 Å². The van der Waals surface area contributed by atoms with Crippen LogP contribution in [0.4, 0.5) is 0 Å². The Morgan fingerprint density at radius 2 is 1.84 bits per heavy atom. The van der Waals surface area contributed by atoms with E-state index in [2.05, 4.69) is 15.0 Å². The molecule has 4 rings (SSSR count). The Labute approximate surface area is 141 Å². The van der Waals surface area contributed by atoms with Gasteiger partial charge in [0.25, 0.3) is 11.5 Å². The average molecular weight is 335 g/mol. The molecule has 0 bridgehead atoms. The van der Waals surface area contributed by atoms with Crippen molar-refractivity contribution in [1.82, 2.24) is 14.9 Å². The van der Waals surface area contributed by atoms with Gasteiger partial charge in [0.15, 0.2) is 0 Å². The Bertz CT molecular complexity index is 1070. The molecule has 7 heteroatoms. The molecule has 2 heterocycles. The van der Waals surface area contributed by atoms with Gasteiger partial charge < -0.3 is 10.1 Å². The number of carbonyl (C=O) groups excluding carboxylic acids is 2. The Kier molecular flexibility index (Phi) is 3.35. The molecule has 7 nitrogen and oxygen atoms in total. The third-order valence-electron chi connectivity index (χ3n) is 4.18. The van der Waals surface area contributed by atoms with E-state index >= 15 is 0 Å². The summed E-state index contributed by atoms with van der Waals surface area (Å²) in [6.45, 7) is 0. The molecule has 0 spiro atoms. The lowest BCUT2D eigenvalue weighted by Gasteiger charge is -2.14. The lowest BCUT2D eigenvalue weighted by Crippen LogP contribution is -2.28. The fraction of sp³-hybridized carbons (Fsp3) is 0.111. The van der Waals surface area contributed by atoms with Crippen molar-refractivity contribution in [2.45, 2.75) is 6.17 Å². The van der Waals surface area contributed by atoms with E-state index in [0.29, 0.717) is 22.0 Å². The highest BCUT2D eigenvalue weighted by molar-refractivity contribution is 5.95. The molecule has 0 saturated carbocycles. The largest absolute Gasteiger partial charge is 0.465 e. The molecule has 1 aliphatic heterocycles. The van der Waals surface area contributed by atoms with Crippen LogP contribution in [0.2, 0.25) is 0 Å². The summed E-state index contributed by atoms with van der Waals surface area (Å²) < 4.78 is 6.01. The molecule has 0 unspecified atom stereocenters. The zero-order chi connectivity index (χ0) is 17.6. The maximum Gasteiger partial charge on any atom is 0.337 e. The Morgan fingerprint density at radius 1 is 1.12 bits per heavy atom. The molecule has 1 N–H and O–H groups in total. The second-order valence-corrected chi connectivity index (χ2v) is 5.62. The monoisotopic (exact) mass is 335 g/mol. The van der Waals surface area contributed by atoms with Gasteiger partial charge in [0.05, 0.1) is 23.6 Å². The van der Waals surface area contributed by atoms with Crippen molar-refractivity contribution in [3.8, 4) is 0 Å². The summed E-state index contributed by atoms with van der Waals surface area (Å²) >= 11 is 0. The van der Waals surface area contributed by atoms with Crippen LogP contribution in [0.25, 0.3) is 10.9 Å². The molecule has 0 saturated heterocycles. The highest BCUT2D eigenvalue weighted by Gasteiger charge is 2.32. The maximum absolute atomic E-state index is 12.8. The van der Waals surface area contributed by atoms with Gasteiger partial charge in [-0.1, -0.05) is 24.3 Å². The molecule has 1 atom stereocenters. The van der Waals surface area contributed by atoms with E-state index in [1.54, 1.807) is 48.5 Å². The number of benzene rings is 2. The number of rotatable bonds is 2. The highest BCUT2D eigenvalue weighted by Crippen LogP contribution is 2.23. The molecule has 124 valence electrons. The van der Waals surface area contributed by atoms with Gasteiger partial charge in [-0.2, -0.15) is 0 Å². The normalized spacial score (nSPS) is 15.7. The number of fused-ring (bicyclic) bond motifs is 2. The molecule has 1 aliphatic rings. The van der Waals surface area contributed by atoms with Gasteiger partial charge in [0.1, 0.15) is 6.17 Å². The minimum Gasteiger partial charge on any atom is -0.465 e. The lowest BCUT2D eigenvalue weighted by atomic mass is 10.1. The van der Waals surface area contributed by atoms with Crippen molar-refractivity contribution >= 4 is 22.8 Å². The van der Waals surface area contributed by atoms with Crippen LogP contribution in [0.3, 0.4) is 0 Å². The van der Waals surface area contributed by atoms with Gasteiger partial charge in [0.2, 0.25) is 5.82 Å². The summed E-state index contributed by atoms with van der Waals surface area (Å²) in [4.78, 5) is 40.9. The first-order valence-electron chi connectivity index (χ1n) is 7.60. The molecule has 0 radical (unpaired) electrons. The van der Waals surface area contributed by atoms with Crippen LogP contribution in [0.1, 0.15) is 32.7 Å². The number of amides is 1. The Hall–Kier alpha value is -3.48. The van der Waals surface area contributed by atoms with Crippen molar-refractivity contribution in [2.24, 2.45) is 0 Å². The van der Waals surface area contributed by atoms with E-state index in [1.807, 2.05) is 0 Å². The van der Waals surface area contributed by atoms with Crippen LogP contribution in [-0.4, -0.2) is 28.5 Å². The summed E-state index contributed by atoms with van der Waals surface area (Å²) in [5, 5.41) is 3.20. The van der Waals surface area contributed by atoms with E-state index < -0.39 is 18.0 Å². The zero-order valence-electron chi connectivity index (χ0n) is 13.2. The smallest absolute Gasteiger partial charge is 0.337 e. The van der Waals surface area contributed by atoms with E-state index in [1.165, 1.54) is 11.7 Å². The van der Waals surface area contributed by atoms with Gasteiger partial charge in [-0.05, 0) is 29.8 Å². The summed E-state index contributed by atoms with van der Waals surface area (Å²) in [5.41, 5.74) is 1.25. The van der Waals surface area contributed by atoms with E-state index in [9.17, 15) is 14.4 Å². The average Bonchev–Trinajstić information content (AvgIpc) is 2.98. The number of methoxy groups -OCH3 is 1. The van der Waals surface area contributed by atoms with Gasteiger partial charge in [0, 0.05) is 0 Å². The molecule has 3 aromatic rings. The van der Waals surface area contributed by atoms with Gasteiger partial charge in [-0.15, -0.1) is 0 Å². The molecule has 0 fully saturated rings. The molecular weight excluding hydrogens is 322 g/mol. The van der Waals surface area contributed by atoms with Crippen molar-refractivity contribution in [3.63, 3.8) is 0 Å². The fourth-order valence-corrected chi connectivity index (χ4v) is 2.95. The molecule has 2 aromatic carbocycles. The third kappa shape index (κ3) is 2.28. The third-order valence-corrected chi connectivity index (χ3v) is 4.18. The van der Waals surface area contributed by atoms with Gasteiger partial charge >= 0.3 is 5.97 Å². The number of esters is 1. The Balaban J connectivity index is 1.85. The molecule has 1 amide bonds. The first-order valence-corrected chi connectivity index (χ1v) is 7.60. The van der Waals surface area contributed by atoms with Crippen LogP contribution in [0, 0.1) is 0 Å². The first kappa shape index (κ1) is 15.1. The number of para-hydroxylation sites is 1. The lowest BCUT2D eigenvalue weighted by molar-refractivity contribution is 0.0600. The molecular formula is C18H13N3O4. The standard InChI is InChI=1S/C18H13N3O4/c1-25-18(24)11-8-6-10(7-9-11)14-20-16(22)15-19-13-5-3-2-4-12(13)17(23)21(14)15/h2-9,14H,1H3,(H,20,22)/t14-/m1/s1. The number of hydrogen-bond donors (Lipinski definition) is 1. The predicted octanol–water partition coefficient (Wildman–Crippen LogP) is 1.47. The van der Waals surface area contributed by atoms with Crippen LogP contribution in [0.15, 0.2) is 53.3 Å². The minimum atomic E-state index is -0.668. The summed E-state index contributed by atoms with van der Waals surface area (Å²) in [6, 6.07) is 13.4. The van der Waals surface area contributed by atoms with Crippen molar-refractivity contribution < 1.29 is 14.3 Å². The molecule has 1 aromatic heterocycles. The fourth-order valence-electron chi connectivity index (χ4n) is 2.95. The second-order valence-electron chi connectivity index (χ2n) is 5.62. The quantitative estimate of drug-likeness (QED) is 0.716. The maximum atomic E-state index is 12.8. The number of carbonyl (C=O) groups is 2. The van der Waals surface area contributed by atoms with E-state index in [4.69, 9.17) is 0 Å². The minimum absolute atomic E-state index is 0.0748. The second kappa shape index (κ2) is 5.55. The molecule has 0 aliphatic carbocycles. The predicted molar refractivity (Wildman–Crippen MR) is 89.4 cm³/mol. The topological polar surface area (TPSA) is 90.3 Å². The van der Waals surface area contributed by atoms with E-state index in [-0.39, 0.29) is 11.4 Å². The first-order chi connectivity index (χ1) is 12.1. The number of nitrogens with one attached hydrogen (secondary N) is 1. The Morgan fingerprint density at radius 3 is 2.56 bits per heavy atom. The number of nitrogens with zero attached hydrogens (tertiary/aromatic N) is 2.